The number of hydrogen-bond donors (Lipinski definition) is 3. The highest BCUT2D eigenvalue weighted by Crippen LogP contribution is 2.35. The van der Waals surface area contributed by atoms with E-state index in [2.05, 4.69) is 15.5 Å². The molecule has 0 radical (unpaired) electrons. The monoisotopic (exact) mass is 285 g/mol. The van der Waals surface area contributed by atoms with Crippen molar-refractivity contribution >= 4 is 12.0 Å². The molecule has 1 fully saturated rings. The maximum atomic E-state index is 11.8. The molecule has 1 aliphatic carbocycles. The van der Waals surface area contributed by atoms with Crippen LogP contribution in [-0.2, 0) is 4.79 Å². The summed E-state index contributed by atoms with van der Waals surface area (Å²) in [7, 11) is 4.10. The average Bonchev–Trinajstić information content (AvgIpc) is 2.26. The van der Waals surface area contributed by atoms with E-state index < -0.39 is 5.97 Å². The fourth-order valence-corrected chi connectivity index (χ4v) is 2.52. The summed E-state index contributed by atoms with van der Waals surface area (Å²) in [6.07, 6.45) is 4.87. The summed E-state index contributed by atoms with van der Waals surface area (Å²) in [5.74, 6) is -0.792. The zero-order valence-electron chi connectivity index (χ0n) is 12.7. The number of likely N-dealkylation sites (N-methyl/N-ethyl adjacent to an activating group) is 1. The number of nitrogens with one attached hydrogen (secondary N) is 2. The number of urea groups is 1. The average molecular weight is 285 g/mol. The Morgan fingerprint density at radius 2 is 2.00 bits per heavy atom. The summed E-state index contributed by atoms with van der Waals surface area (Å²) in [5.41, 5.74) is 0.115. The molecule has 1 saturated carbocycles. The third kappa shape index (κ3) is 5.00. The lowest BCUT2D eigenvalue weighted by atomic mass is 9.75. The number of hydrogen-bond acceptors (Lipinski definition) is 3. The summed E-state index contributed by atoms with van der Waals surface area (Å²) in [6, 6.07) is -0.174. The molecule has 0 saturated heterocycles. The zero-order chi connectivity index (χ0) is 15.2. The Bertz CT molecular complexity index is 341. The van der Waals surface area contributed by atoms with Crippen LogP contribution in [0.3, 0.4) is 0 Å². The van der Waals surface area contributed by atoms with Gasteiger partial charge >= 0.3 is 12.0 Å². The normalized spacial score (nSPS) is 18.2. The number of carboxylic acids is 1. The van der Waals surface area contributed by atoms with Gasteiger partial charge in [-0.3, -0.25) is 4.79 Å². The lowest BCUT2D eigenvalue weighted by molar-refractivity contribution is -0.137. The molecule has 6 heteroatoms. The molecule has 1 unspecified atom stereocenters. The van der Waals surface area contributed by atoms with Gasteiger partial charge < -0.3 is 20.6 Å². The van der Waals surface area contributed by atoms with Crippen LogP contribution in [0.25, 0.3) is 0 Å². The smallest absolute Gasteiger partial charge is 0.315 e. The van der Waals surface area contributed by atoms with Gasteiger partial charge in [0, 0.05) is 24.5 Å². The lowest BCUT2D eigenvalue weighted by Crippen LogP contribution is -2.58. The summed E-state index contributed by atoms with van der Waals surface area (Å²) >= 11 is 0. The van der Waals surface area contributed by atoms with Crippen molar-refractivity contribution in [2.75, 3.05) is 20.6 Å². The molecule has 0 aromatic heterocycles. The van der Waals surface area contributed by atoms with Crippen molar-refractivity contribution in [3.05, 3.63) is 0 Å². The Balaban J connectivity index is 2.21. The highest BCUT2D eigenvalue weighted by atomic mass is 16.4. The predicted molar refractivity (Wildman–Crippen MR) is 77.8 cm³/mol. The maximum absolute atomic E-state index is 11.8. The molecule has 0 aromatic rings. The fourth-order valence-electron chi connectivity index (χ4n) is 2.52. The molecule has 0 aromatic carbocycles. The first-order valence-corrected chi connectivity index (χ1v) is 7.29. The maximum Gasteiger partial charge on any atom is 0.315 e. The highest BCUT2D eigenvalue weighted by Gasteiger charge is 2.39. The number of aliphatic carboxylic acids is 1. The van der Waals surface area contributed by atoms with Crippen molar-refractivity contribution in [2.24, 2.45) is 0 Å². The first-order chi connectivity index (χ1) is 9.35. The van der Waals surface area contributed by atoms with Crippen molar-refractivity contribution in [3.8, 4) is 0 Å². The summed E-state index contributed by atoms with van der Waals surface area (Å²) < 4.78 is 0. The second kappa shape index (κ2) is 7.47. The fraction of sp³-hybridized carbons (Fsp3) is 0.857. The van der Waals surface area contributed by atoms with Crippen LogP contribution in [0, 0.1) is 0 Å². The minimum atomic E-state index is -0.792. The molecule has 0 spiro atoms. The van der Waals surface area contributed by atoms with Crippen LogP contribution in [0.2, 0.25) is 0 Å². The van der Waals surface area contributed by atoms with Crippen molar-refractivity contribution in [3.63, 3.8) is 0 Å². The van der Waals surface area contributed by atoms with E-state index in [1.807, 2.05) is 21.0 Å². The van der Waals surface area contributed by atoms with Crippen LogP contribution in [0.15, 0.2) is 0 Å². The van der Waals surface area contributed by atoms with E-state index in [-0.39, 0.29) is 24.0 Å². The van der Waals surface area contributed by atoms with Crippen molar-refractivity contribution in [2.45, 2.75) is 57.0 Å². The first-order valence-electron chi connectivity index (χ1n) is 7.29. The van der Waals surface area contributed by atoms with Gasteiger partial charge in [-0.25, -0.2) is 4.79 Å². The molecule has 1 rings (SSSR count). The number of carbonyl (C=O) groups is 2. The molecule has 6 nitrogen and oxygen atoms in total. The SMILES string of the molecule is CC(CCCC(=O)O)NC(=O)NCC1(N(C)C)CCC1. The third-order valence-corrected chi connectivity index (χ3v) is 4.22. The minimum absolute atomic E-state index is 0.00829. The summed E-state index contributed by atoms with van der Waals surface area (Å²) in [5, 5.41) is 14.3. The topological polar surface area (TPSA) is 81.7 Å². The molecular formula is C14H27N3O3. The number of rotatable bonds is 8. The number of amides is 2. The van der Waals surface area contributed by atoms with Gasteiger partial charge in [0.15, 0.2) is 0 Å². The summed E-state index contributed by atoms with van der Waals surface area (Å²) in [4.78, 5) is 24.4. The van der Waals surface area contributed by atoms with Crippen molar-refractivity contribution in [1.82, 2.24) is 15.5 Å². The van der Waals surface area contributed by atoms with E-state index in [9.17, 15) is 9.59 Å². The molecule has 3 N–H and O–H groups in total. The van der Waals surface area contributed by atoms with Crippen LogP contribution in [0.4, 0.5) is 4.79 Å². The van der Waals surface area contributed by atoms with Gasteiger partial charge in [-0.15, -0.1) is 0 Å². The van der Waals surface area contributed by atoms with E-state index in [4.69, 9.17) is 5.11 Å². The zero-order valence-corrected chi connectivity index (χ0v) is 12.7. The van der Waals surface area contributed by atoms with Gasteiger partial charge in [-0.2, -0.15) is 0 Å². The Morgan fingerprint density at radius 3 is 2.45 bits per heavy atom. The Kier molecular flexibility index (Phi) is 6.26. The number of carbonyl (C=O) groups excluding carboxylic acids is 1. The van der Waals surface area contributed by atoms with Crippen molar-refractivity contribution in [1.29, 1.82) is 0 Å². The Hall–Kier alpha value is -1.30. The van der Waals surface area contributed by atoms with Gasteiger partial charge in [0.2, 0.25) is 0 Å². The largest absolute Gasteiger partial charge is 0.481 e. The van der Waals surface area contributed by atoms with Crippen LogP contribution < -0.4 is 10.6 Å². The molecule has 116 valence electrons. The van der Waals surface area contributed by atoms with Gasteiger partial charge in [-0.1, -0.05) is 0 Å². The molecule has 1 atom stereocenters. The van der Waals surface area contributed by atoms with E-state index in [1.165, 1.54) is 6.42 Å². The molecule has 1 aliphatic rings. The van der Waals surface area contributed by atoms with Crippen LogP contribution >= 0.6 is 0 Å². The van der Waals surface area contributed by atoms with Gasteiger partial charge in [0.1, 0.15) is 0 Å². The lowest BCUT2D eigenvalue weighted by Gasteiger charge is -2.47. The standard InChI is InChI=1S/C14H27N3O3/c1-11(6-4-7-12(18)19)16-13(20)15-10-14(17(2)3)8-5-9-14/h11H,4-10H2,1-3H3,(H,18,19)(H2,15,16,20). The minimum Gasteiger partial charge on any atom is -0.481 e. The molecule has 20 heavy (non-hydrogen) atoms. The van der Waals surface area contributed by atoms with Gasteiger partial charge in [-0.05, 0) is 53.1 Å². The van der Waals surface area contributed by atoms with E-state index >= 15 is 0 Å². The second-order valence-corrected chi connectivity index (χ2v) is 5.99. The third-order valence-electron chi connectivity index (χ3n) is 4.22. The van der Waals surface area contributed by atoms with Crippen LogP contribution in [0.1, 0.15) is 45.4 Å². The second-order valence-electron chi connectivity index (χ2n) is 5.99. The Labute approximate surface area is 120 Å². The van der Waals surface area contributed by atoms with Gasteiger partial charge in [0.05, 0.1) is 0 Å². The first kappa shape index (κ1) is 16.8. The quantitative estimate of drug-likeness (QED) is 0.630. The molecule has 0 bridgehead atoms. The van der Waals surface area contributed by atoms with Crippen LogP contribution in [0.5, 0.6) is 0 Å². The molecule has 0 heterocycles. The number of nitrogens with zero attached hydrogens (tertiary/aromatic N) is 1. The Morgan fingerprint density at radius 1 is 1.35 bits per heavy atom. The predicted octanol–water partition coefficient (Wildman–Crippen LogP) is 1.41. The van der Waals surface area contributed by atoms with E-state index in [1.54, 1.807) is 0 Å². The number of carboxylic acid groups (broad SMARTS) is 1. The van der Waals surface area contributed by atoms with E-state index in [0.29, 0.717) is 19.4 Å². The highest BCUT2D eigenvalue weighted by molar-refractivity contribution is 5.74. The van der Waals surface area contributed by atoms with Gasteiger partial charge in [0.25, 0.3) is 0 Å². The summed E-state index contributed by atoms with van der Waals surface area (Å²) in [6.45, 7) is 2.56. The van der Waals surface area contributed by atoms with Crippen molar-refractivity contribution < 1.29 is 14.7 Å². The molecule has 0 aliphatic heterocycles. The van der Waals surface area contributed by atoms with E-state index in [0.717, 1.165) is 12.8 Å². The molecular weight excluding hydrogens is 258 g/mol. The molecule has 2 amide bonds. The van der Waals surface area contributed by atoms with Crippen LogP contribution in [-0.4, -0.2) is 54.2 Å².